The van der Waals surface area contributed by atoms with Gasteiger partial charge in [-0.15, -0.1) is 0 Å². The van der Waals surface area contributed by atoms with Crippen molar-refractivity contribution in [2.45, 2.75) is 26.7 Å². The Morgan fingerprint density at radius 1 is 1.04 bits per heavy atom. The smallest absolute Gasteiger partial charge is 0.244 e. The van der Waals surface area contributed by atoms with Gasteiger partial charge in [0, 0.05) is 18.3 Å². The van der Waals surface area contributed by atoms with Crippen molar-refractivity contribution in [1.82, 2.24) is 0 Å². The Morgan fingerprint density at radius 2 is 1.62 bits per heavy atom. The van der Waals surface area contributed by atoms with Crippen LogP contribution >= 0.6 is 0 Å². The number of carbonyl (C=O) groups excluding carboxylic acids is 2. The number of hydrogen-bond donors (Lipinski definition) is 1. The van der Waals surface area contributed by atoms with E-state index in [0.717, 1.165) is 5.56 Å². The van der Waals surface area contributed by atoms with Crippen LogP contribution < -0.4 is 10.2 Å². The van der Waals surface area contributed by atoms with E-state index in [-0.39, 0.29) is 24.2 Å². The minimum atomic E-state index is -0.372. The number of amides is 2. The quantitative estimate of drug-likeness (QED) is 0.904. The lowest BCUT2D eigenvalue weighted by Gasteiger charge is -2.21. The zero-order valence-corrected chi connectivity index (χ0v) is 14.0. The summed E-state index contributed by atoms with van der Waals surface area (Å²) in [4.78, 5) is 25.5. The van der Waals surface area contributed by atoms with Gasteiger partial charge in [0.15, 0.2) is 0 Å². The summed E-state index contributed by atoms with van der Waals surface area (Å²) in [6, 6.07) is 13.1. The molecule has 0 bridgehead atoms. The average Bonchev–Trinajstić information content (AvgIpc) is 2.54. The van der Waals surface area contributed by atoms with Crippen molar-refractivity contribution >= 4 is 23.2 Å². The predicted molar refractivity (Wildman–Crippen MR) is 93.6 cm³/mol. The average molecular weight is 328 g/mol. The third kappa shape index (κ3) is 4.65. The summed E-state index contributed by atoms with van der Waals surface area (Å²) in [7, 11) is 0. The third-order valence-electron chi connectivity index (χ3n) is 3.68. The number of hydrogen-bond acceptors (Lipinski definition) is 2. The highest BCUT2D eigenvalue weighted by molar-refractivity contribution is 6.01. The van der Waals surface area contributed by atoms with Gasteiger partial charge in [0.25, 0.3) is 0 Å². The lowest BCUT2D eigenvalue weighted by atomic mass is 10.0. The molecule has 0 spiro atoms. The van der Waals surface area contributed by atoms with E-state index in [1.165, 1.54) is 36.1 Å². The van der Waals surface area contributed by atoms with Crippen molar-refractivity contribution in [2.75, 3.05) is 16.8 Å². The van der Waals surface area contributed by atoms with E-state index in [4.69, 9.17) is 0 Å². The van der Waals surface area contributed by atoms with Crippen LogP contribution in [0.3, 0.4) is 0 Å². The van der Waals surface area contributed by atoms with E-state index in [0.29, 0.717) is 17.3 Å². The number of anilines is 2. The Bertz CT molecular complexity index is 709. The van der Waals surface area contributed by atoms with Gasteiger partial charge in [0.1, 0.15) is 12.4 Å². The van der Waals surface area contributed by atoms with Crippen LogP contribution in [0.1, 0.15) is 32.3 Å². The molecule has 0 aliphatic rings. The maximum atomic E-state index is 12.9. The summed E-state index contributed by atoms with van der Waals surface area (Å²) in [5, 5.41) is 2.65. The Labute approximate surface area is 141 Å². The minimum absolute atomic E-state index is 0.103. The fraction of sp³-hybridized carbons (Fsp3) is 0.263. The molecule has 2 rings (SSSR count). The molecule has 1 N–H and O–H groups in total. The Kier molecular flexibility index (Phi) is 5.68. The van der Waals surface area contributed by atoms with Gasteiger partial charge in [-0.2, -0.15) is 0 Å². The Hall–Kier alpha value is -2.69. The van der Waals surface area contributed by atoms with Crippen LogP contribution in [0, 0.1) is 5.82 Å². The van der Waals surface area contributed by atoms with Gasteiger partial charge in [0.2, 0.25) is 11.8 Å². The Morgan fingerprint density at radius 3 is 2.12 bits per heavy atom. The van der Waals surface area contributed by atoms with Crippen molar-refractivity contribution < 1.29 is 14.0 Å². The van der Waals surface area contributed by atoms with Crippen molar-refractivity contribution in [2.24, 2.45) is 0 Å². The minimum Gasteiger partial charge on any atom is -0.325 e. The van der Waals surface area contributed by atoms with Gasteiger partial charge in [0.05, 0.1) is 0 Å². The lowest BCUT2D eigenvalue weighted by Crippen LogP contribution is -2.36. The predicted octanol–water partition coefficient (Wildman–Crippen LogP) is 3.94. The monoisotopic (exact) mass is 328 g/mol. The van der Waals surface area contributed by atoms with Crippen molar-refractivity contribution in [3.63, 3.8) is 0 Å². The van der Waals surface area contributed by atoms with Crippen LogP contribution in [0.25, 0.3) is 0 Å². The first kappa shape index (κ1) is 17.7. The summed E-state index contributed by atoms with van der Waals surface area (Å²) in [6.07, 6.45) is 0. The lowest BCUT2D eigenvalue weighted by molar-refractivity contribution is -0.120. The third-order valence-corrected chi connectivity index (χ3v) is 3.68. The maximum Gasteiger partial charge on any atom is 0.244 e. The molecule has 0 aromatic heterocycles. The van der Waals surface area contributed by atoms with Gasteiger partial charge in [-0.05, 0) is 47.9 Å². The highest BCUT2D eigenvalue weighted by Crippen LogP contribution is 2.20. The summed E-state index contributed by atoms with van der Waals surface area (Å²) in [5.41, 5.74) is 2.32. The molecule has 4 nitrogen and oxygen atoms in total. The first-order valence-electron chi connectivity index (χ1n) is 7.80. The van der Waals surface area contributed by atoms with E-state index in [2.05, 4.69) is 19.2 Å². The molecular formula is C19H21FN2O2. The number of nitrogens with one attached hydrogen (secondary N) is 1. The van der Waals surface area contributed by atoms with Crippen LogP contribution in [-0.4, -0.2) is 18.4 Å². The zero-order valence-electron chi connectivity index (χ0n) is 14.0. The Balaban J connectivity index is 2.08. The molecule has 0 aliphatic carbocycles. The number of carbonyl (C=O) groups is 2. The van der Waals surface area contributed by atoms with Gasteiger partial charge in [-0.25, -0.2) is 4.39 Å². The molecule has 2 aromatic rings. The molecule has 2 aromatic carbocycles. The second-order valence-electron chi connectivity index (χ2n) is 5.91. The van der Waals surface area contributed by atoms with Crippen LogP contribution in [0.5, 0.6) is 0 Å². The highest BCUT2D eigenvalue weighted by Gasteiger charge is 2.16. The van der Waals surface area contributed by atoms with Gasteiger partial charge < -0.3 is 10.2 Å². The first-order chi connectivity index (χ1) is 11.4. The fourth-order valence-corrected chi connectivity index (χ4v) is 2.30. The van der Waals surface area contributed by atoms with Crippen molar-refractivity contribution in [3.05, 3.63) is 59.9 Å². The van der Waals surface area contributed by atoms with E-state index in [1.807, 2.05) is 24.3 Å². The van der Waals surface area contributed by atoms with Crippen molar-refractivity contribution in [1.29, 1.82) is 0 Å². The summed E-state index contributed by atoms with van der Waals surface area (Å²) < 4.78 is 12.9. The second kappa shape index (κ2) is 7.73. The standard InChI is InChI=1S/C19H21FN2O2/c1-13(2)15-4-10-18(11-5-15)22(14(3)23)12-19(24)21-17-8-6-16(20)7-9-17/h4-11,13H,12H2,1-3H3,(H,21,24). The molecule has 0 unspecified atom stereocenters. The molecule has 0 heterocycles. The van der Waals surface area contributed by atoms with E-state index >= 15 is 0 Å². The molecule has 0 atom stereocenters. The molecule has 0 saturated carbocycles. The zero-order chi connectivity index (χ0) is 17.7. The molecule has 0 radical (unpaired) electrons. The number of halogens is 1. The normalized spacial score (nSPS) is 10.5. The van der Waals surface area contributed by atoms with Gasteiger partial charge in [-0.3, -0.25) is 9.59 Å². The van der Waals surface area contributed by atoms with Crippen LogP contribution in [0.4, 0.5) is 15.8 Å². The maximum absolute atomic E-state index is 12.9. The molecule has 0 fully saturated rings. The summed E-state index contributed by atoms with van der Waals surface area (Å²) in [5.74, 6) is -0.540. The van der Waals surface area contributed by atoms with Gasteiger partial charge >= 0.3 is 0 Å². The van der Waals surface area contributed by atoms with E-state index in [9.17, 15) is 14.0 Å². The van der Waals surface area contributed by atoms with E-state index < -0.39 is 0 Å². The molecule has 2 amide bonds. The summed E-state index contributed by atoms with van der Waals surface area (Å²) in [6.45, 7) is 5.50. The summed E-state index contributed by atoms with van der Waals surface area (Å²) >= 11 is 0. The van der Waals surface area contributed by atoms with Crippen LogP contribution in [0.15, 0.2) is 48.5 Å². The molecule has 0 saturated heterocycles. The molecule has 126 valence electrons. The van der Waals surface area contributed by atoms with Crippen molar-refractivity contribution in [3.8, 4) is 0 Å². The number of nitrogens with zero attached hydrogens (tertiary/aromatic N) is 1. The largest absolute Gasteiger partial charge is 0.325 e. The topological polar surface area (TPSA) is 49.4 Å². The number of benzene rings is 2. The molecule has 0 aliphatic heterocycles. The molecule has 5 heteroatoms. The van der Waals surface area contributed by atoms with Crippen LogP contribution in [-0.2, 0) is 9.59 Å². The second-order valence-corrected chi connectivity index (χ2v) is 5.91. The molecular weight excluding hydrogens is 307 g/mol. The number of rotatable bonds is 5. The molecule has 24 heavy (non-hydrogen) atoms. The first-order valence-corrected chi connectivity index (χ1v) is 7.80. The SMILES string of the molecule is CC(=O)N(CC(=O)Nc1ccc(F)cc1)c1ccc(C(C)C)cc1. The highest BCUT2D eigenvalue weighted by atomic mass is 19.1. The van der Waals surface area contributed by atoms with Gasteiger partial charge in [-0.1, -0.05) is 26.0 Å². The fourth-order valence-electron chi connectivity index (χ4n) is 2.30. The van der Waals surface area contributed by atoms with E-state index in [1.54, 1.807) is 0 Å². The van der Waals surface area contributed by atoms with Crippen LogP contribution in [0.2, 0.25) is 0 Å².